The molecule has 8 heteroatoms. The first kappa shape index (κ1) is 24.6. The molecule has 166 valence electrons. The normalized spacial score (nSPS) is 11.0. The van der Waals surface area contributed by atoms with Crippen molar-refractivity contribution in [1.29, 1.82) is 0 Å². The van der Waals surface area contributed by atoms with E-state index in [1.807, 2.05) is 37.3 Å². The van der Waals surface area contributed by atoms with Gasteiger partial charge < -0.3 is 5.32 Å². The molecule has 0 aliphatic rings. The number of benzene rings is 2. The average molecular weight is 461 g/mol. The van der Waals surface area contributed by atoms with E-state index in [0.29, 0.717) is 16.5 Å². The summed E-state index contributed by atoms with van der Waals surface area (Å²) in [6.07, 6.45) is 3.28. The summed E-state index contributed by atoms with van der Waals surface area (Å²) >= 11 is 5.89. The molecule has 0 spiro atoms. The Morgan fingerprint density at radius 3 is 2.16 bits per heavy atom. The van der Waals surface area contributed by atoms with Crippen LogP contribution in [0.5, 0.6) is 0 Å². The second-order valence-electron chi connectivity index (χ2n) is 8.19. The number of carbonyl (C=O) groups excluding carboxylic acids is 1. The SMILES string of the molecule is CS(C)=O.Cc1ccccc1-n1nc(C(C)(C)C)cc1NC(=O)Nc1ccc(Cl)cc1. The zero-order valence-corrected chi connectivity index (χ0v) is 20.3. The molecule has 0 unspecified atom stereocenters. The van der Waals surface area contributed by atoms with E-state index >= 15 is 0 Å². The molecule has 2 aromatic carbocycles. The van der Waals surface area contributed by atoms with Gasteiger partial charge in [0.1, 0.15) is 5.82 Å². The van der Waals surface area contributed by atoms with E-state index in [0.717, 1.165) is 16.9 Å². The summed E-state index contributed by atoms with van der Waals surface area (Å²) in [5.41, 5.74) is 3.41. The summed E-state index contributed by atoms with van der Waals surface area (Å²) in [7, 11) is -0.611. The van der Waals surface area contributed by atoms with Gasteiger partial charge in [-0.3, -0.25) is 9.53 Å². The maximum Gasteiger partial charge on any atom is 0.324 e. The number of halogens is 1. The van der Waals surface area contributed by atoms with Crippen LogP contribution in [-0.4, -0.2) is 32.5 Å². The van der Waals surface area contributed by atoms with Crippen molar-refractivity contribution < 1.29 is 9.00 Å². The lowest BCUT2D eigenvalue weighted by Crippen LogP contribution is -2.21. The van der Waals surface area contributed by atoms with Crippen LogP contribution in [0.1, 0.15) is 32.0 Å². The van der Waals surface area contributed by atoms with E-state index in [-0.39, 0.29) is 11.4 Å². The molecule has 2 amide bonds. The number of nitrogens with one attached hydrogen (secondary N) is 2. The molecule has 2 N–H and O–H groups in total. The van der Waals surface area contributed by atoms with Gasteiger partial charge in [-0.1, -0.05) is 50.6 Å². The largest absolute Gasteiger partial charge is 0.324 e. The molecule has 3 aromatic rings. The van der Waals surface area contributed by atoms with E-state index in [1.165, 1.54) is 0 Å². The Hall–Kier alpha value is -2.64. The van der Waals surface area contributed by atoms with Crippen LogP contribution < -0.4 is 10.6 Å². The second kappa shape index (κ2) is 10.6. The van der Waals surface area contributed by atoms with Crippen LogP contribution in [0.15, 0.2) is 54.6 Å². The van der Waals surface area contributed by atoms with Crippen LogP contribution in [0.4, 0.5) is 16.3 Å². The number of rotatable bonds is 3. The Kier molecular flexibility index (Phi) is 8.42. The number of anilines is 2. The monoisotopic (exact) mass is 460 g/mol. The molecule has 0 saturated heterocycles. The third-order valence-corrected chi connectivity index (χ3v) is 4.42. The number of aromatic nitrogens is 2. The van der Waals surface area contributed by atoms with Crippen molar-refractivity contribution in [3.05, 3.63) is 70.9 Å². The molecule has 0 aliphatic carbocycles. The first-order chi connectivity index (χ1) is 14.5. The van der Waals surface area contributed by atoms with Crippen molar-refractivity contribution in [2.75, 3.05) is 23.1 Å². The van der Waals surface area contributed by atoms with Crippen molar-refractivity contribution in [3.63, 3.8) is 0 Å². The third-order valence-electron chi connectivity index (χ3n) is 4.17. The molecular weight excluding hydrogens is 432 g/mol. The van der Waals surface area contributed by atoms with Gasteiger partial charge in [0.05, 0.1) is 11.4 Å². The summed E-state index contributed by atoms with van der Waals surface area (Å²) in [4.78, 5) is 12.5. The van der Waals surface area contributed by atoms with Crippen LogP contribution >= 0.6 is 11.6 Å². The molecule has 0 fully saturated rings. The summed E-state index contributed by atoms with van der Waals surface area (Å²) in [5.74, 6) is 0.612. The van der Waals surface area contributed by atoms with Crippen LogP contribution in [0.2, 0.25) is 5.02 Å². The molecule has 1 aromatic heterocycles. The Labute approximate surface area is 191 Å². The number of urea groups is 1. The standard InChI is InChI=1S/C21H23ClN4O.C2H6OS/c1-14-7-5-6-8-17(14)26-19(13-18(25-26)21(2,3)4)24-20(27)23-16-11-9-15(22)10-12-16;1-4(2)3/h5-13H,1-4H3,(H2,23,24,27);1-2H3. The minimum atomic E-state index is -0.611. The molecule has 0 atom stereocenters. The van der Waals surface area contributed by atoms with Crippen molar-refractivity contribution in [3.8, 4) is 5.69 Å². The highest BCUT2D eigenvalue weighted by Crippen LogP contribution is 2.27. The second-order valence-corrected chi connectivity index (χ2v) is 10.1. The maximum absolute atomic E-state index is 12.5. The van der Waals surface area contributed by atoms with Crippen molar-refractivity contribution >= 4 is 39.9 Å². The first-order valence-corrected chi connectivity index (χ1v) is 12.1. The number of hydrogen-bond acceptors (Lipinski definition) is 3. The zero-order valence-electron chi connectivity index (χ0n) is 18.7. The molecule has 3 rings (SSSR count). The van der Waals surface area contributed by atoms with Gasteiger partial charge in [0, 0.05) is 45.5 Å². The lowest BCUT2D eigenvalue weighted by atomic mass is 9.92. The lowest BCUT2D eigenvalue weighted by molar-refractivity contribution is 0.262. The number of amides is 2. The number of carbonyl (C=O) groups is 1. The molecular formula is C23H29ClN4O2S. The Balaban J connectivity index is 0.000000785. The van der Waals surface area contributed by atoms with Gasteiger partial charge >= 0.3 is 6.03 Å². The van der Waals surface area contributed by atoms with Crippen molar-refractivity contribution in [1.82, 2.24) is 9.78 Å². The number of para-hydroxylation sites is 1. The summed E-state index contributed by atoms with van der Waals surface area (Å²) in [6, 6.07) is 16.5. The van der Waals surface area contributed by atoms with Gasteiger partial charge in [-0.15, -0.1) is 0 Å². The molecule has 0 aliphatic heterocycles. The van der Waals surface area contributed by atoms with E-state index in [1.54, 1.807) is 41.5 Å². The summed E-state index contributed by atoms with van der Waals surface area (Å²) in [6.45, 7) is 8.30. The minimum Gasteiger partial charge on any atom is -0.308 e. The van der Waals surface area contributed by atoms with Gasteiger partial charge in [0.2, 0.25) is 0 Å². The van der Waals surface area contributed by atoms with E-state index < -0.39 is 10.8 Å². The highest BCUT2D eigenvalue weighted by Gasteiger charge is 2.22. The van der Waals surface area contributed by atoms with E-state index in [4.69, 9.17) is 16.7 Å². The third kappa shape index (κ3) is 7.52. The van der Waals surface area contributed by atoms with Crippen molar-refractivity contribution in [2.24, 2.45) is 0 Å². The van der Waals surface area contributed by atoms with Gasteiger partial charge in [-0.05, 0) is 42.8 Å². The summed E-state index contributed by atoms with van der Waals surface area (Å²) < 4.78 is 11.3. The Bertz CT molecular complexity index is 1050. The number of hydrogen-bond donors (Lipinski definition) is 2. The minimum absolute atomic E-state index is 0.142. The smallest absolute Gasteiger partial charge is 0.308 e. The fourth-order valence-electron chi connectivity index (χ4n) is 2.63. The van der Waals surface area contributed by atoms with E-state index in [9.17, 15) is 9.00 Å². The van der Waals surface area contributed by atoms with Crippen LogP contribution in [-0.2, 0) is 16.2 Å². The van der Waals surface area contributed by atoms with Gasteiger partial charge in [0.25, 0.3) is 0 Å². The molecule has 0 saturated carbocycles. The van der Waals surface area contributed by atoms with E-state index in [2.05, 4.69) is 31.4 Å². The molecule has 0 radical (unpaired) electrons. The molecule has 1 heterocycles. The molecule has 6 nitrogen and oxygen atoms in total. The number of nitrogens with zero attached hydrogens (tertiary/aromatic N) is 2. The Morgan fingerprint density at radius 1 is 1.03 bits per heavy atom. The van der Waals surface area contributed by atoms with Gasteiger partial charge in [-0.25, -0.2) is 9.48 Å². The topological polar surface area (TPSA) is 76.0 Å². The van der Waals surface area contributed by atoms with Crippen LogP contribution in [0.3, 0.4) is 0 Å². The Morgan fingerprint density at radius 2 is 1.61 bits per heavy atom. The highest BCUT2D eigenvalue weighted by molar-refractivity contribution is 7.83. The first-order valence-electron chi connectivity index (χ1n) is 9.72. The van der Waals surface area contributed by atoms with Crippen LogP contribution in [0.25, 0.3) is 5.69 Å². The quantitative estimate of drug-likeness (QED) is 0.520. The average Bonchev–Trinajstić information content (AvgIpc) is 3.07. The molecule has 0 bridgehead atoms. The fourth-order valence-corrected chi connectivity index (χ4v) is 2.76. The maximum atomic E-state index is 12.5. The predicted octanol–water partition coefficient (Wildman–Crippen LogP) is 5.77. The van der Waals surface area contributed by atoms with Gasteiger partial charge in [0.15, 0.2) is 0 Å². The summed E-state index contributed by atoms with van der Waals surface area (Å²) in [5, 5.41) is 11.1. The van der Waals surface area contributed by atoms with Crippen molar-refractivity contribution in [2.45, 2.75) is 33.1 Å². The predicted molar refractivity (Wildman–Crippen MR) is 131 cm³/mol. The highest BCUT2D eigenvalue weighted by atomic mass is 35.5. The zero-order chi connectivity index (χ0) is 23.2. The van der Waals surface area contributed by atoms with Crippen LogP contribution in [0, 0.1) is 6.92 Å². The molecule has 31 heavy (non-hydrogen) atoms. The lowest BCUT2D eigenvalue weighted by Gasteiger charge is -2.14. The fraction of sp³-hybridized carbons (Fsp3) is 0.304. The number of aryl methyl sites for hydroxylation is 1. The van der Waals surface area contributed by atoms with Gasteiger partial charge in [-0.2, -0.15) is 5.10 Å².